The Bertz CT molecular complexity index is 1370. The van der Waals surface area contributed by atoms with E-state index in [2.05, 4.69) is 168 Å². The van der Waals surface area contributed by atoms with Crippen molar-refractivity contribution in [3.05, 3.63) is 0 Å². The Morgan fingerprint density at radius 1 is 0.407 bits per heavy atom. The molecule has 556 valence electrons. The van der Waals surface area contributed by atoms with Gasteiger partial charge in [-0.15, -0.1) is 0 Å². The first-order valence-corrected chi connectivity index (χ1v) is 35.2. The van der Waals surface area contributed by atoms with Gasteiger partial charge in [0.1, 0.15) is 0 Å². The van der Waals surface area contributed by atoms with Crippen LogP contribution in [0.3, 0.4) is 0 Å². The van der Waals surface area contributed by atoms with Crippen LogP contribution in [0.15, 0.2) is 0 Å². The van der Waals surface area contributed by atoms with Crippen molar-refractivity contribution in [3.63, 3.8) is 0 Å². The molecule has 5 aliphatic rings. The average Bonchev–Trinajstić information content (AvgIpc) is 4.41. The SMILES string of the molecule is CCN(C)CCCOC.CCN(CC)CCCOC.COC(C)CCN(C)C.COC1CCN(C)C1.COCC1CCCCN1C.COCC1CCCN(C)C1.COCC1CCCN1C.COCC1CCN(C)C1.COCCC(C)N(C)C.COCCCN(C)C. The molecule has 0 spiro atoms. The Labute approximate surface area is 567 Å². The van der Waals surface area contributed by atoms with Gasteiger partial charge in [0.15, 0.2) is 0 Å². The van der Waals surface area contributed by atoms with Gasteiger partial charge in [-0.2, -0.15) is 0 Å². The summed E-state index contributed by atoms with van der Waals surface area (Å²) in [7, 11) is 43.0. The second kappa shape index (κ2) is 73.4. The van der Waals surface area contributed by atoms with Gasteiger partial charge in [-0.25, -0.2) is 0 Å². The predicted molar refractivity (Wildman–Crippen MR) is 390 cm³/mol. The molecule has 0 amide bonds. The second-order valence-corrected chi connectivity index (χ2v) is 26.3. The smallest absolute Gasteiger partial charge is 0.0710 e. The minimum absolute atomic E-state index is 0.396. The van der Waals surface area contributed by atoms with Crippen LogP contribution < -0.4 is 0 Å². The first kappa shape index (κ1) is 98.9. The maximum Gasteiger partial charge on any atom is 0.0710 e. The van der Waals surface area contributed by atoms with Gasteiger partial charge in [0.25, 0.3) is 0 Å². The fourth-order valence-corrected chi connectivity index (χ4v) is 10.3. The Hall–Kier alpha value is -0.800. The van der Waals surface area contributed by atoms with Crippen molar-refractivity contribution in [2.45, 2.75) is 155 Å². The van der Waals surface area contributed by atoms with Crippen LogP contribution in [-0.4, -0.2) is 386 Å². The zero-order chi connectivity index (χ0) is 70.0. The Kier molecular flexibility index (Phi) is 79.8. The molecule has 5 saturated heterocycles. The molecular weight excluding hydrogens is 1150 g/mol. The van der Waals surface area contributed by atoms with Crippen LogP contribution in [0, 0.1) is 11.8 Å². The van der Waals surface area contributed by atoms with E-state index in [4.69, 9.17) is 47.4 Å². The number of ether oxygens (including phenoxy) is 10. The highest BCUT2D eigenvalue weighted by molar-refractivity contribution is 4.76. The fourth-order valence-electron chi connectivity index (χ4n) is 10.3. The van der Waals surface area contributed by atoms with Crippen LogP contribution in [0.25, 0.3) is 0 Å². The highest BCUT2D eigenvalue weighted by atomic mass is 16.5. The first-order chi connectivity index (χ1) is 43.4. The van der Waals surface area contributed by atoms with Crippen LogP contribution in [0.2, 0.25) is 0 Å². The molecule has 0 aromatic carbocycles. The quantitative estimate of drug-likeness (QED) is 0.0597. The first-order valence-electron chi connectivity index (χ1n) is 35.2. The van der Waals surface area contributed by atoms with Crippen molar-refractivity contribution >= 4 is 0 Å². The Balaban J connectivity index is -0.000000301. The molecule has 0 N–H and O–H groups in total. The molecule has 5 aliphatic heterocycles. The van der Waals surface area contributed by atoms with Crippen LogP contribution in [0.5, 0.6) is 0 Å². The summed E-state index contributed by atoms with van der Waals surface area (Å²) in [5.41, 5.74) is 0. The predicted octanol–water partition coefficient (Wildman–Crippen LogP) is 8.61. The zero-order valence-electron chi connectivity index (χ0n) is 65.8. The molecule has 5 heterocycles. The summed E-state index contributed by atoms with van der Waals surface area (Å²) >= 11 is 0. The lowest BCUT2D eigenvalue weighted by atomic mass is 10.00. The van der Waals surface area contributed by atoms with Gasteiger partial charge in [-0.3, -0.25) is 0 Å². The van der Waals surface area contributed by atoms with Crippen LogP contribution >= 0.6 is 0 Å². The number of likely N-dealkylation sites (N-methyl/N-ethyl adjacent to an activating group) is 3. The normalized spacial score (nSPS) is 20.9. The summed E-state index contributed by atoms with van der Waals surface area (Å²) < 4.78 is 50.2. The van der Waals surface area contributed by atoms with Gasteiger partial charge in [0.2, 0.25) is 0 Å². The van der Waals surface area contributed by atoms with E-state index in [1.165, 1.54) is 110 Å². The van der Waals surface area contributed by atoms with Crippen LogP contribution in [-0.2, 0) is 47.4 Å². The number of nitrogens with zero attached hydrogens (tertiary/aromatic N) is 10. The minimum Gasteiger partial charge on any atom is -0.385 e. The molecule has 7 unspecified atom stereocenters. The van der Waals surface area contributed by atoms with E-state index in [-0.39, 0.29) is 0 Å². The van der Waals surface area contributed by atoms with Crippen molar-refractivity contribution in [2.75, 3.05) is 307 Å². The van der Waals surface area contributed by atoms with E-state index in [1.807, 2.05) is 0 Å². The summed E-state index contributed by atoms with van der Waals surface area (Å²) in [5.74, 6) is 1.57. The zero-order valence-corrected chi connectivity index (χ0v) is 65.8. The summed E-state index contributed by atoms with van der Waals surface area (Å²) in [6.07, 6.45) is 18.4. The Morgan fingerprint density at radius 3 is 1.21 bits per heavy atom. The standard InChI is InChI=1S/2C8H17NO.C8H19NO.2C7H15NO.3C7H17NO.C6H13NO.C6H15NO/c1-9-5-3-4-8(6-9)7-10-2;1-9-6-4-3-5-8(9)7-10-2;1-4-9(5-2)7-6-8-10-3;1-8-4-3-7(5-8)6-9-2;1-8-5-3-4-7(8)6-9-2;1-7(8(2)3)5-6-9-4;1-7(9-4)5-6-8(2)3;1-4-8(2)6-5-7-9-3;1-7-4-3-6(5-7)8-2;1-7(2)5-4-6-8-3/h2*8H,3-7H2,1-2H3;4-8H2,1-3H3;2*7H,3-6H2,1-2H3;2*7H,5-6H2,1-4H3;4-7H2,1-3H3;6H,3-5H2,1-2H3;4-6H2,1-3H3. The molecule has 0 aliphatic carbocycles. The van der Waals surface area contributed by atoms with E-state index in [0.717, 1.165) is 143 Å². The lowest BCUT2D eigenvalue weighted by molar-refractivity contribution is 0.0825. The third kappa shape index (κ3) is 70.3. The van der Waals surface area contributed by atoms with Gasteiger partial charge >= 0.3 is 0 Å². The molecule has 20 heteroatoms. The van der Waals surface area contributed by atoms with Crippen molar-refractivity contribution in [1.82, 2.24) is 49.0 Å². The van der Waals surface area contributed by atoms with Crippen LogP contribution in [0.4, 0.5) is 0 Å². The molecule has 20 nitrogen and oxygen atoms in total. The monoisotopic (exact) mass is 1320 g/mol. The molecule has 0 saturated carbocycles. The third-order valence-electron chi connectivity index (χ3n) is 17.1. The van der Waals surface area contributed by atoms with Gasteiger partial charge < -0.3 is 96.4 Å². The van der Waals surface area contributed by atoms with Gasteiger partial charge in [0, 0.05) is 155 Å². The lowest BCUT2D eigenvalue weighted by Crippen LogP contribution is -2.39. The minimum atomic E-state index is 0.396. The number of rotatable bonds is 32. The number of hydrogen-bond acceptors (Lipinski definition) is 20. The maximum atomic E-state index is 5.14. The number of piperidine rings is 2. The largest absolute Gasteiger partial charge is 0.385 e. The van der Waals surface area contributed by atoms with Gasteiger partial charge in [-0.1, -0.05) is 27.2 Å². The molecule has 0 aromatic heterocycles. The van der Waals surface area contributed by atoms with E-state index in [0.29, 0.717) is 30.3 Å². The summed E-state index contributed by atoms with van der Waals surface area (Å²) in [6.45, 7) is 35.7. The summed E-state index contributed by atoms with van der Waals surface area (Å²) in [5, 5.41) is 0. The topological polar surface area (TPSA) is 125 Å². The highest BCUT2D eigenvalue weighted by Gasteiger charge is 2.21. The van der Waals surface area contributed by atoms with E-state index >= 15 is 0 Å². The molecule has 0 aromatic rings. The number of hydrogen-bond donors (Lipinski definition) is 0. The third-order valence-corrected chi connectivity index (χ3v) is 17.1. The van der Waals surface area contributed by atoms with E-state index in [9.17, 15) is 0 Å². The molecular formula is C71H162N10O10. The molecule has 5 rings (SSSR count). The van der Waals surface area contributed by atoms with Crippen molar-refractivity contribution < 1.29 is 47.4 Å². The van der Waals surface area contributed by atoms with Crippen molar-refractivity contribution in [2.24, 2.45) is 11.8 Å². The van der Waals surface area contributed by atoms with Crippen LogP contribution in [0.1, 0.15) is 125 Å². The lowest BCUT2D eigenvalue weighted by Gasteiger charge is -2.31. The molecule has 0 radical (unpaired) electrons. The van der Waals surface area contributed by atoms with Crippen molar-refractivity contribution in [3.8, 4) is 0 Å². The number of methoxy groups -OCH3 is 10. The molecule has 91 heavy (non-hydrogen) atoms. The molecule has 5 fully saturated rings. The Morgan fingerprint density at radius 2 is 0.846 bits per heavy atom. The molecule has 7 atom stereocenters. The van der Waals surface area contributed by atoms with Gasteiger partial charge in [0.05, 0.1) is 38.6 Å². The highest BCUT2D eigenvalue weighted by Crippen LogP contribution is 2.17. The van der Waals surface area contributed by atoms with Gasteiger partial charge in [-0.05, 0) is 253 Å². The average molecular weight is 1320 g/mol. The summed E-state index contributed by atoms with van der Waals surface area (Å²) in [6, 6.07) is 2.00. The summed E-state index contributed by atoms with van der Waals surface area (Å²) in [4.78, 5) is 23.0. The van der Waals surface area contributed by atoms with E-state index < -0.39 is 0 Å². The fraction of sp³-hybridized carbons (Fsp3) is 1.00. The second-order valence-electron chi connectivity index (χ2n) is 26.3. The maximum absolute atomic E-state index is 5.14. The molecule has 0 bridgehead atoms. The van der Waals surface area contributed by atoms with Crippen molar-refractivity contribution in [1.29, 1.82) is 0 Å². The van der Waals surface area contributed by atoms with E-state index in [1.54, 1.807) is 71.1 Å². The number of likely N-dealkylation sites (tertiary alicyclic amines) is 5.